The van der Waals surface area contributed by atoms with E-state index in [9.17, 15) is 4.79 Å². The standard InChI is InChI=1S/C12H11Cl2N3OS2/c1-6(2)19-12-17-16-11(20-12)15-10(18)8-5-7(13)3-4-9(8)14/h3-6H,1-2H3,(H,15,16,18). The van der Waals surface area contributed by atoms with Crippen molar-refractivity contribution in [2.24, 2.45) is 0 Å². The van der Waals surface area contributed by atoms with Gasteiger partial charge in [0.05, 0.1) is 10.6 Å². The van der Waals surface area contributed by atoms with Crippen molar-refractivity contribution in [1.29, 1.82) is 0 Å². The van der Waals surface area contributed by atoms with E-state index in [2.05, 4.69) is 29.4 Å². The van der Waals surface area contributed by atoms with Crippen molar-refractivity contribution in [2.45, 2.75) is 23.4 Å². The van der Waals surface area contributed by atoms with E-state index in [1.165, 1.54) is 17.4 Å². The van der Waals surface area contributed by atoms with Crippen molar-refractivity contribution in [3.8, 4) is 0 Å². The van der Waals surface area contributed by atoms with Crippen LogP contribution in [0, 0.1) is 0 Å². The maximum atomic E-state index is 12.1. The molecule has 0 atom stereocenters. The molecule has 1 aromatic heterocycles. The Morgan fingerprint density at radius 3 is 2.80 bits per heavy atom. The summed E-state index contributed by atoms with van der Waals surface area (Å²) in [5.74, 6) is -0.352. The molecule has 1 heterocycles. The number of thioether (sulfide) groups is 1. The highest BCUT2D eigenvalue weighted by atomic mass is 35.5. The lowest BCUT2D eigenvalue weighted by Crippen LogP contribution is -2.12. The van der Waals surface area contributed by atoms with Gasteiger partial charge in [0.2, 0.25) is 5.13 Å². The van der Waals surface area contributed by atoms with Gasteiger partial charge in [0.1, 0.15) is 0 Å². The molecule has 1 N–H and O–H groups in total. The van der Waals surface area contributed by atoms with Crippen LogP contribution >= 0.6 is 46.3 Å². The Kier molecular flexibility index (Phi) is 5.26. The van der Waals surface area contributed by atoms with E-state index < -0.39 is 0 Å². The molecule has 0 bridgehead atoms. The summed E-state index contributed by atoms with van der Waals surface area (Å²) in [7, 11) is 0. The van der Waals surface area contributed by atoms with Crippen molar-refractivity contribution < 1.29 is 4.79 Å². The zero-order valence-electron chi connectivity index (χ0n) is 10.7. The molecule has 0 aliphatic carbocycles. The number of benzene rings is 1. The number of rotatable bonds is 4. The summed E-state index contributed by atoms with van der Waals surface area (Å²) >= 11 is 14.8. The van der Waals surface area contributed by atoms with Gasteiger partial charge in [-0.05, 0) is 18.2 Å². The summed E-state index contributed by atoms with van der Waals surface area (Å²) in [4.78, 5) is 12.1. The molecule has 8 heteroatoms. The molecule has 2 rings (SSSR count). The quantitative estimate of drug-likeness (QED) is 0.648. The molecule has 0 saturated carbocycles. The summed E-state index contributed by atoms with van der Waals surface area (Å²) in [6.45, 7) is 4.13. The van der Waals surface area contributed by atoms with Gasteiger partial charge in [-0.2, -0.15) is 0 Å². The predicted octanol–water partition coefficient (Wildman–Crippen LogP) is 4.60. The van der Waals surface area contributed by atoms with Crippen LogP contribution in [0.4, 0.5) is 5.13 Å². The molecule has 0 radical (unpaired) electrons. The van der Waals surface area contributed by atoms with Crippen LogP contribution in [-0.2, 0) is 0 Å². The largest absolute Gasteiger partial charge is 0.296 e. The first-order valence-electron chi connectivity index (χ1n) is 5.72. The van der Waals surface area contributed by atoms with E-state index >= 15 is 0 Å². The van der Waals surface area contributed by atoms with Gasteiger partial charge < -0.3 is 0 Å². The van der Waals surface area contributed by atoms with Crippen LogP contribution in [0.1, 0.15) is 24.2 Å². The van der Waals surface area contributed by atoms with Crippen LogP contribution < -0.4 is 5.32 Å². The maximum absolute atomic E-state index is 12.1. The molecule has 2 aromatic rings. The summed E-state index contributed by atoms with van der Waals surface area (Å²) in [5.41, 5.74) is 0.312. The average molecular weight is 348 g/mol. The second kappa shape index (κ2) is 6.76. The van der Waals surface area contributed by atoms with Gasteiger partial charge in [0.15, 0.2) is 4.34 Å². The maximum Gasteiger partial charge on any atom is 0.259 e. The molecule has 0 saturated heterocycles. The van der Waals surface area contributed by atoms with Crippen molar-refractivity contribution >= 4 is 57.3 Å². The molecule has 106 valence electrons. The fraction of sp³-hybridized carbons (Fsp3) is 0.250. The first-order valence-corrected chi connectivity index (χ1v) is 8.17. The molecule has 20 heavy (non-hydrogen) atoms. The van der Waals surface area contributed by atoms with Crippen LogP contribution in [-0.4, -0.2) is 21.4 Å². The van der Waals surface area contributed by atoms with Crippen molar-refractivity contribution in [3.05, 3.63) is 33.8 Å². The monoisotopic (exact) mass is 347 g/mol. The minimum absolute atomic E-state index is 0.312. The third kappa shape index (κ3) is 4.09. The summed E-state index contributed by atoms with van der Waals surface area (Å²) in [5, 5.41) is 12.2. The van der Waals surface area contributed by atoms with Crippen LogP contribution in [0.5, 0.6) is 0 Å². The number of aromatic nitrogens is 2. The molecule has 1 amide bonds. The molecule has 0 spiro atoms. The van der Waals surface area contributed by atoms with E-state index in [1.54, 1.807) is 23.9 Å². The molecule has 0 aliphatic rings. The number of nitrogens with one attached hydrogen (secondary N) is 1. The Morgan fingerprint density at radius 1 is 1.35 bits per heavy atom. The summed E-state index contributed by atoms with van der Waals surface area (Å²) < 4.78 is 0.812. The number of halogens is 2. The highest BCUT2D eigenvalue weighted by Gasteiger charge is 2.14. The lowest BCUT2D eigenvalue weighted by molar-refractivity contribution is 0.102. The third-order valence-corrected chi connectivity index (χ3v) is 4.63. The predicted molar refractivity (Wildman–Crippen MR) is 85.3 cm³/mol. The van der Waals surface area contributed by atoms with Crippen molar-refractivity contribution in [3.63, 3.8) is 0 Å². The van der Waals surface area contributed by atoms with E-state index in [0.717, 1.165) is 4.34 Å². The van der Waals surface area contributed by atoms with Gasteiger partial charge >= 0.3 is 0 Å². The highest BCUT2D eigenvalue weighted by Crippen LogP contribution is 2.29. The number of carbonyl (C=O) groups excluding carboxylic acids is 1. The fourth-order valence-corrected chi connectivity index (χ4v) is 3.69. The molecule has 0 unspecified atom stereocenters. The molecule has 0 fully saturated rings. The molecular formula is C12H11Cl2N3OS2. The van der Waals surface area contributed by atoms with E-state index in [0.29, 0.717) is 26.0 Å². The number of hydrogen-bond donors (Lipinski definition) is 1. The minimum atomic E-state index is -0.352. The zero-order chi connectivity index (χ0) is 14.7. The summed E-state index contributed by atoms with van der Waals surface area (Å²) in [6, 6.07) is 4.73. The molecule has 0 aliphatic heterocycles. The minimum Gasteiger partial charge on any atom is -0.296 e. The normalized spacial score (nSPS) is 10.8. The lowest BCUT2D eigenvalue weighted by Gasteiger charge is -2.04. The Bertz CT molecular complexity index is 631. The van der Waals surface area contributed by atoms with Gasteiger partial charge in [-0.1, -0.05) is 60.1 Å². The first-order chi connectivity index (χ1) is 9.45. The van der Waals surface area contributed by atoms with Crippen LogP contribution in [0.15, 0.2) is 22.5 Å². The number of amides is 1. The van der Waals surface area contributed by atoms with E-state index in [-0.39, 0.29) is 5.91 Å². The Morgan fingerprint density at radius 2 is 2.10 bits per heavy atom. The van der Waals surface area contributed by atoms with Crippen LogP contribution in [0.2, 0.25) is 10.0 Å². The van der Waals surface area contributed by atoms with Crippen LogP contribution in [0.25, 0.3) is 0 Å². The Hall–Kier alpha value is -0.820. The SMILES string of the molecule is CC(C)Sc1nnc(NC(=O)c2cc(Cl)ccc2Cl)s1. The number of hydrogen-bond acceptors (Lipinski definition) is 5. The zero-order valence-corrected chi connectivity index (χ0v) is 13.8. The topological polar surface area (TPSA) is 54.9 Å². The first kappa shape index (κ1) is 15.6. The van der Waals surface area contributed by atoms with Gasteiger partial charge in [-0.25, -0.2) is 0 Å². The van der Waals surface area contributed by atoms with Gasteiger partial charge in [0.25, 0.3) is 5.91 Å². The fourth-order valence-electron chi connectivity index (χ4n) is 1.35. The smallest absolute Gasteiger partial charge is 0.259 e. The molecular weight excluding hydrogens is 337 g/mol. The molecule has 1 aromatic carbocycles. The molecule has 4 nitrogen and oxygen atoms in total. The average Bonchev–Trinajstić information content (AvgIpc) is 2.78. The van der Waals surface area contributed by atoms with Gasteiger partial charge in [-0.15, -0.1) is 10.2 Å². The highest BCUT2D eigenvalue weighted by molar-refractivity contribution is 8.01. The Balaban J connectivity index is 2.11. The van der Waals surface area contributed by atoms with E-state index in [1.807, 2.05) is 0 Å². The lowest BCUT2D eigenvalue weighted by atomic mass is 10.2. The third-order valence-electron chi connectivity index (χ3n) is 2.14. The van der Waals surface area contributed by atoms with Gasteiger partial charge in [-0.3, -0.25) is 10.1 Å². The number of nitrogens with zero attached hydrogens (tertiary/aromatic N) is 2. The van der Waals surface area contributed by atoms with E-state index in [4.69, 9.17) is 23.2 Å². The second-order valence-corrected chi connectivity index (χ2v) is 7.76. The van der Waals surface area contributed by atoms with Crippen molar-refractivity contribution in [2.75, 3.05) is 5.32 Å². The second-order valence-electron chi connectivity index (χ2n) is 4.12. The number of anilines is 1. The van der Waals surface area contributed by atoms with Crippen molar-refractivity contribution in [1.82, 2.24) is 10.2 Å². The van der Waals surface area contributed by atoms with Crippen LogP contribution in [0.3, 0.4) is 0 Å². The Labute approximate surface area is 134 Å². The number of carbonyl (C=O) groups is 1. The van der Waals surface area contributed by atoms with Gasteiger partial charge in [0, 0.05) is 10.3 Å². The summed E-state index contributed by atoms with van der Waals surface area (Å²) in [6.07, 6.45) is 0.